The average Bonchev–Trinajstić information content (AvgIpc) is 2.84. The van der Waals surface area contributed by atoms with E-state index in [0.29, 0.717) is 18.2 Å². The summed E-state index contributed by atoms with van der Waals surface area (Å²) in [7, 11) is 0. The molecule has 0 aliphatic heterocycles. The van der Waals surface area contributed by atoms with Gasteiger partial charge in [-0.1, -0.05) is 40.0 Å². The molecule has 1 saturated carbocycles. The van der Waals surface area contributed by atoms with Crippen LogP contribution in [0.25, 0.3) is 0 Å². The maximum Gasteiger partial charge on any atom is 0.138 e. The van der Waals surface area contributed by atoms with Crippen LogP contribution in [-0.4, -0.2) is 15.6 Å². The second-order valence-corrected chi connectivity index (χ2v) is 6.75. The Morgan fingerprint density at radius 2 is 2.00 bits per heavy atom. The summed E-state index contributed by atoms with van der Waals surface area (Å²) in [4.78, 5) is 11.9. The third-order valence-electron chi connectivity index (χ3n) is 4.06. The quantitative estimate of drug-likeness (QED) is 0.824. The Balaban J connectivity index is 1.89. The fourth-order valence-corrected chi connectivity index (χ4v) is 2.68. The maximum atomic E-state index is 11.9. The zero-order valence-corrected chi connectivity index (χ0v) is 12.5. The highest BCUT2D eigenvalue weighted by atomic mass is 16.1. The largest absolute Gasteiger partial charge is 0.299 e. The lowest BCUT2D eigenvalue weighted by molar-refractivity contribution is -0.126. The van der Waals surface area contributed by atoms with Crippen molar-refractivity contribution in [3.05, 3.63) is 18.0 Å². The first-order chi connectivity index (χ1) is 8.97. The normalized spacial score (nSPS) is 17.6. The van der Waals surface area contributed by atoms with Crippen molar-refractivity contribution in [1.29, 1.82) is 0 Å². The number of hydrogen-bond acceptors (Lipinski definition) is 2. The molecular weight excluding hydrogens is 236 g/mol. The van der Waals surface area contributed by atoms with E-state index in [9.17, 15) is 4.79 Å². The molecule has 0 N–H and O–H groups in total. The zero-order valence-electron chi connectivity index (χ0n) is 12.5. The van der Waals surface area contributed by atoms with Crippen molar-refractivity contribution in [3.8, 4) is 0 Å². The van der Waals surface area contributed by atoms with Crippen molar-refractivity contribution < 1.29 is 4.79 Å². The summed E-state index contributed by atoms with van der Waals surface area (Å²) >= 11 is 0. The van der Waals surface area contributed by atoms with Crippen molar-refractivity contribution >= 4 is 5.78 Å². The minimum absolute atomic E-state index is 0.230. The molecule has 0 spiro atoms. The smallest absolute Gasteiger partial charge is 0.138 e. The molecule has 106 valence electrons. The molecule has 1 aliphatic carbocycles. The first-order valence-corrected chi connectivity index (χ1v) is 7.54. The van der Waals surface area contributed by atoms with E-state index in [0.717, 1.165) is 12.1 Å². The third-order valence-corrected chi connectivity index (χ3v) is 4.06. The van der Waals surface area contributed by atoms with Crippen molar-refractivity contribution in [3.63, 3.8) is 0 Å². The van der Waals surface area contributed by atoms with Crippen LogP contribution in [0, 0.1) is 5.41 Å². The molecule has 1 aromatic heterocycles. The molecule has 0 saturated heterocycles. The fraction of sp³-hybridized carbons (Fsp3) is 0.750. The SMILES string of the molecule is CC(C)(C)C(=O)CCc1ccn(C2CCCCC2)n1. The van der Waals surface area contributed by atoms with Gasteiger partial charge in [-0.3, -0.25) is 9.48 Å². The van der Waals surface area contributed by atoms with Crippen LogP contribution in [-0.2, 0) is 11.2 Å². The van der Waals surface area contributed by atoms with Gasteiger partial charge in [-0.2, -0.15) is 5.10 Å². The molecular formula is C16H26N2O. The first kappa shape index (κ1) is 14.3. The number of carbonyl (C=O) groups excluding carboxylic acids is 1. The maximum absolute atomic E-state index is 11.9. The number of aromatic nitrogens is 2. The van der Waals surface area contributed by atoms with E-state index in [2.05, 4.69) is 22.0 Å². The highest BCUT2D eigenvalue weighted by Gasteiger charge is 2.21. The predicted molar refractivity (Wildman–Crippen MR) is 77.1 cm³/mol. The van der Waals surface area contributed by atoms with Crippen LogP contribution in [0.2, 0.25) is 0 Å². The summed E-state index contributed by atoms with van der Waals surface area (Å²) in [5, 5.41) is 4.65. The summed E-state index contributed by atoms with van der Waals surface area (Å²) in [6.45, 7) is 5.95. The van der Waals surface area contributed by atoms with Gasteiger partial charge < -0.3 is 0 Å². The molecule has 1 aromatic rings. The standard InChI is InChI=1S/C16H26N2O/c1-16(2,3)15(19)10-9-13-11-12-18(17-13)14-7-5-4-6-8-14/h11-12,14H,4-10H2,1-3H3. The van der Waals surface area contributed by atoms with E-state index < -0.39 is 0 Å². The average molecular weight is 262 g/mol. The molecule has 1 fully saturated rings. The molecule has 1 heterocycles. The second-order valence-electron chi connectivity index (χ2n) is 6.75. The lowest BCUT2D eigenvalue weighted by atomic mass is 9.88. The van der Waals surface area contributed by atoms with Gasteiger partial charge in [-0.05, 0) is 25.3 Å². The minimum atomic E-state index is -0.230. The van der Waals surface area contributed by atoms with Crippen LogP contribution in [0.15, 0.2) is 12.3 Å². The lowest BCUT2D eigenvalue weighted by Gasteiger charge is -2.21. The molecule has 3 nitrogen and oxygen atoms in total. The Bertz CT molecular complexity index is 422. The van der Waals surface area contributed by atoms with Gasteiger partial charge in [-0.25, -0.2) is 0 Å². The Hall–Kier alpha value is -1.12. The van der Waals surface area contributed by atoms with Gasteiger partial charge in [0.15, 0.2) is 0 Å². The van der Waals surface area contributed by atoms with Gasteiger partial charge in [0, 0.05) is 18.0 Å². The van der Waals surface area contributed by atoms with Crippen molar-refractivity contribution in [2.45, 2.75) is 71.8 Å². The van der Waals surface area contributed by atoms with Gasteiger partial charge in [0.2, 0.25) is 0 Å². The van der Waals surface area contributed by atoms with Crippen LogP contribution < -0.4 is 0 Å². The first-order valence-electron chi connectivity index (χ1n) is 7.54. The molecule has 0 atom stereocenters. The molecule has 0 radical (unpaired) electrons. The molecule has 2 rings (SSSR count). The van der Waals surface area contributed by atoms with Gasteiger partial charge in [-0.15, -0.1) is 0 Å². The monoisotopic (exact) mass is 262 g/mol. The molecule has 19 heavy (non-hydrogen) atoms. The van der Waals surface area contributed by atoms with E-state index in [4.69, 9.17) is 0 Å². The van der Waals surface area contributed by atoms with Crippen molar-refractivity contribution in [1.82, 2.24) is 9.78 Å². The van der Waals surface area contributed by atoms with E-state index >= 15 is 0 Å². The molecule has 0 unspecified atom stereocenters. The number of rotatable bonds is 4. The Labute approximate surface area is 116 Å². The lowest BCUT2D eigenvalue weighted by Crippen LogP contribution is -2.20. The molecule has 0 bridgehead atoms. The molecule has 1 aliphatic rings. The number of carbonyl (C=O) groups is 1. The predicted octanol–water partition coefficient (Wildman–Crippen LogP) is 3.94. The van der Waals surface area contributed by atoms with E-state index in [-0.39, 0.29) is 5.41 Å². The van der Waals surface area contributed by atoms with Gasteiger partial charge in [0.1, 0.15) is 5.78 Å². The van der Waals surface area contributed by atoms with Crippen LogP contribution in [0.5, 0.6) is 0 Å². The van der Waals surface area contributed by atoms with Gasteiger partial charge in [0.05, 0.1) is 11.7 Å². The summed E-state index contributed by atoms with van der Waals surface area (Å²) in [6, 6.07) is 2.66. The molecule has 3 heteroatoms. The van der Waals surface area contributed by atoms with E-state index in [1.165, 1.54) is 32.1 Å². The van der Waals surface area contributed by atoms with Gasteiger partial charge >= 0.3 is 0 Å². The Kier molecular flexibility index (Phi) is 4.43. The number of Topliss-reactive ketones (excluding diaryl/α,β-unsaturated/α-hetero) is 1. The van der Waals surface area contributed by atoms with E-state index in [1.807, 2.05) is 20.8 Å². The third kappa shape index (κ3) is 3.92. The minimum Gasteiger partial charge on any atom is -0.299 e. The highest BCUT2D eigenvalue weighted by molar-refractivity contribution is 5.83. The van der Waals surface area contributed by atoms with Crippen LogP contribution in [0.4, 0.5) is 0 Å². The zero-order chi connectivity index (χ0) is 13.9. The number of aryl methyl sites for hydroxylation is 1. The number of ketones is 1. The number of hydrogen-bond donors (Lipinski definition) is 0. The molecule has 0 amide bonds. The summed E-state index contributed by atoms with van der Waals surface area (Å²) < 4.78 is 2.12. The van der Waals surface area contributed by atoms with E-state index in [1.54, 1.807) is 0 Å². The summed E-state index contributed by atoms with van der Waals surface area (Å²) in [5.74, 6) is 0.319. The van der Waals surface area contributed by atoms with Crippen molar-refractivity contribution in [2.75, 3.05) is 0 Å². The topological polar surface area (TPSA) is 34.9 Å². The second kappa shape index (κ2) is 5.89. The fourth-order valence-electron chi connectivity index (χ4n) is 2.68. The molecule has 0 aromatic carbocycles. The van der Waals surface area contributed by atoms with Gasteiger partial charge in [0.25, 0.3) is 0 Å². The number of nitrogens with zero attached hydrogens (tertiary/aromatic N) is 2. The Morgan fingerprint density at radius 3 is 2.63 bits per heavy atom. The highest BCUT2D eigenvalue weighted by Crippen LogP contribution is 2.27. The van der Waals surface area contributed by atoms with Crippen LogP contribution in [0.3, 0.4) is 0 Å². The Morgan fingerprint density at radius 1 is 1.32 bits per heavy atom. The summed E-state index contributed by atoms with van der Waals surface area (Å²) in [5.41, 5.74) is 0.828. The van der Waals surface area contributed by atoms with Crippen molar-refractivity contribution in [2.24, 2.45) is 5.41 Å². The van der Waals surface area contributed by atoms with Crippen LogP contribution >= 0.6 is 0 Å². The van der Waals surface area contributed by atoms with Crippen LogP contribution in [0.1, 0.15) is 71.0 Å². The summed E-state index contributed by atoms with van der Waals surface area (Å²) in [6.07, 6.45) is 9.98.